The molecule has 18 heavy (non-hydrogen) atoms. The van der Waals surface area contributed by atoms with Crippen molar-refractivity contribution in [1.29, 1.82) is 0 Å². The van der Waals surface area contributed by atoms with Gasteiger partial charge in [0.2, 0.25) is 0 Å². The summed E-state index contributed by atoms with van der Waals surface area (Å²) in [6.45, 7) is 5.72. The summed E-state index contributed by atoms with van der Waals surface area (Å²) in [5.74, 6) is -0.208. The van der Waals surface area contributed by atoms with Gasteiger partial charge in [0, 0.05) is 0 Å². The molecule has 2 rings (SSSR count). The minimum absolute atomic E-state index is 0.139. The molecule has 1 heterocycles. The van der Waals surface area contributed by atoms with Crippen LogP contribution in [0.4, 0.5) is 4.39 Å². The standard InChI is InChI=1S/C13H17FN4/c1-8-7-11(5-6-12(8)14)18-10(3)13(16-17-18)9(2)15-4/h5-7,9,15H,1-4H3. The highest BCUT2D eigenvalue weighted by molar-refractivity contribution is 5.37. The zero-order valence-electron chi connectivity index (χ0n) is 11.0. The van der Waals surface area contributed by atoms with Gasteiger partial charge in [-0.2, -0.15) is 0 Å². The number of nitrogens with zero attached hydrogens (tertiary/aromatic N) is 3. The first kappa shape index (κ1) is 12.7. The van der Waals surface area contributed by atoms with E-state index in [0.717, 1.165) is 17.1 Å². The smallest absolute Gasteiger partial charge is 0.126 e. The van der Waals surface area contributed by atoms with Crippen molar-refractivity contribution in [1.82, 2.24) is 20.3 Å². The molecule has 1 N–H and O–H groups in total. The molecule has 1 aromatic carbocycles. The lowest BCUT2D eigenvalue weighted by molar-refractivity contribution is 0.617. The fraction of sp³-hybridized carbons (Fsp3) is 0.385. The van der Waals surface area contributed by atoms with Gasteiger partial charge in [-0.15, -0.1) is 5.10 Å². The number of benzene rings is 1. The molecule has 0 aliphatic carbocycles. The van der Waals surface area contributed by atoms with Gasteiger partial charge in [0.15, 0.2) is 0 Å². The molecular weight excluding hydrogens is 231 g/mol. The van der Waals surface area contributed by atoms with E-state index in [2.05, 4.69) is 15.6 Å². The molecule has 0 saturated carbocycles. The summed E-state index contributed by atoms with van der Waals surface area (Å²) in [6, 6.07) is 5.07. The highest BCUT2D eigenvalue weighted by atomic mass is 19.1. The molecule has 1 unspecified atom stereocenters. The van der Waals surface area contributed by atoms with Gasteiger partial charge in [0.1, 0.15) is 11.5 Å². The molecule has 4 nitrogen and oxygen atoms in total. The second-order valence-electron chi connectivity index (χ2n) is 4.42. The van der Waals surface area contributed by atoms with Gasteiger partial charge in [-0.25, -0.2) is 9.07 Å². The van der Waals surface area contributed by atoms with E-state index in [1.807, 2.05) is 20.9 Å². The molecule has 2 aromatic rings. The zero-order valence-corrected chi connectivity index (χ0v) is 11.0. The van der Waals surface area contributed by atoms with E-state index in [-0.39, 0.29) is 11.9 Å². The molecule has 1 atom stereocenters. The molecule has 96 valence electrons. The number of nitrogens with one attached hydrogen (secondary N) is 1. The second kappa shape index (κ2) is 4.86. The number of hydrogen-bond acceptors (Lipinski definition) is 3. The maximum Gasteiger partial charge on any atom is 0.126 e. The van der Waals surface area contributed by atoms with Crippen molar-refractivity contribution >= 4 is 0 Å². The molecule has 0 amide bonds. The lowest BCUT2D eigenvalue weighted by Crippen LogP contribution is -2.14. The van der Waals surface area contributed by atoms with E-state index in [9.17, 15) is 4.39 Å². The van der Waals surface area contributed by atoms with Gasteiger partial charge in [0.25, 0.3) is 0 Å². The van der Waals surface area contributed by atoms with E-state index in [1.54, 1.807) is 23.7 Å². The Bertz CT molecular complexity index is 562. The number of aryl methyl sites for hydroxylation is 1. The lowest BCUT2D eigenvalue weighted by Gasteiger charge is -2.09. The quantitative estimate of drug-likeness (QED) is 0.906. The first-order valence-corrected chi connectivity index (χ1v) is 5.90. The molecule has 0 saturated heterocycles. The van der Waals surface area contributed by atoms with Gasteiger partial charge in [-0.3, -0.25) is 0 Å². The van der Waals surface area contributed by atoms with Gasteiger partial charge in [-0.1, -0.05) is 5.21 Å². The summed E-state index contributed by atoms with van der Waals surface area (Å²) in [6.07, 6.45) is 0. The Morgan fingerprint density at radius 2 is 2.06 bits per heavy atom. The van der Waals surface area contributed by atoms with E-state index < -0.39 is 0 Å². The van der Waals surface area contributed by atoms with Crippen LogP contribution in [0.2, 0.25) is 0 Å². The van der Waals surface area contributed by atoms with E-state index >= 15 is 0 Å². The third-order valence-electron chi connectivity index (χ3n) is 3.16. The third-order valence-corrected chi connectivity index (χ3v) is 3.16. The van der Waals surface area contributed by atoms with Crippen LogP contribution in [0.5, 0.6) is 0 Å². The summed E-state index contributed by atoms with van der Waals surface area (Å²) >= 11 is 0. The van der Waals surface area contributed by atoms with E-state index in [4.69, 9.17) is 0 Å². The Kier molecular flexibility index (Phi) is 3.43. The summed E-state index contributed by atoms with van der Waals surface area (Å²) < 4.78 is 15.0. The van der Waals surface area contributed by atoms with Crippen molar-refractivity contribution in [2.75, 3.05) is 7.05 Å². The van der Waals surface area contributed by atoms with Crippen LogP contribution in [0.3, 0.4) is 0 Å². The predicted molar refractivity (Wildman–Crippen MR) is 68.3 cm³/mol. The highest BCUT2D eigenvalue weighted by Gasteiger charge is 2.15. The summed E-state index contributed by atoms with van der Waals surface area (Å²) in [5.41, 5.74) is 3.29. The lowest BCUT2D eigenvalue weighted by atomic mass is 10.2. The maximum absolute atomic E-state index is 13.2. The van der Waals surface area contributed by atoms with Crippen molar-refractivity contribution in [3.63, 3.8) is 0 Å². The average molecular weight is 248 g/mol. The molecule has 0 aliphatic rings. The Balaban J connectivity index is 2.45. The number of rotatable bonds is 3. The largest absolute Gasteiger partial charge is 0.312 e. The molecule has 0 aliphatic heterocycles. The molecule has 5 heteroatoms. The molecule has 0 fully saturated rings. The normalized spacial score (nSPS) is 12.7. The predicted octanol–water partition coefficient (Wildman–Crippen LogP) is 2.30. The van der Waals surface area contributed by atoms with Crippen LogP contribution < -0.4 is 5.32 Å². The maximum atomic E-state index is 13.2. The number of halogens is 1. The molecule has 1 aromatic heterocycles. The Morgan fingerprint density at radius 1 is 1.33 bits per heavy atom. The van der Waals surface area contributed by atoms with Crippen LogP contribution in [-0.2, 0) is 0 Å². The van der Waals surface area contributed by atoms with Crippen LogP contribution in [-0.4, -0.2) is 22.0 Å². The Hall–Kier alpha value is -1.75. The van der Waals surface area contributed by atoms with Crippen LogP contribution in [0.1, 0.15) is 29.9 Å². The Labute approximate surface area is 106 Å². The summed E-state index contributed by atoms with van der Waals surface area (Å²) in [7, 11) is 1.88. The topological polar surface area (TPSA) is 42.7 Å². The first-order chi connectivity index (χ1) is 8.54. The van der Waals surface area contributed by atoms with Gasteiger partial charge >= 0.3 is 0 Å². The summed E-state index contributed by atoms with van der Waals surface area (Å²) in [4.78, 5) is 0. The minimum atomic E-state index is -0.208. The minimum Gasteiger partial charge on any atom is -0.312 e. The molecular formula is C13H17FN4. The fourth-order valence-corrected chi connectivity index (χ4v) is 1.88. The van der Waals surface area contributed by atoms with Crippen molar-refractivity contribution in [2.24, 2.45) is 0 Å². The number of aromatic nitrogens is 3. The van der Waals surface area contributed by atoms with Crippen LogP contribution >= 0.6 is 0 Å². The third kappa shape index (κ3) is 2.13. The SMILES string of the molecule is CNC(C)c1nnn(-c2ccc(F)c(C)c2)c1C. The van der Waals surface area contributed by atoms with Crippen molar-refractivity contribution in [3.8, 4) is 5.69 Å². The van der Waals surface area contributed by atoms with Crippen molar-refractivity contribution < 1.29 is 4.39 Å². The monoisotopic (exact) mass is 248 g/mol. The van der Waals surface area contributed by atoms with Gasteiger partial charge in [0.05, 0.1) is 17.4 Å². The summed E-state index contributed by atoms with van der Waals surface area (Å²) in [5, 5.41) is 11.4. The molecule has 0 bridgehead atoms. The van der Waals surface area contributed by atoms with Crippen molar-refractivity contribution in [2.45, 2.75) is 26.8 Å². The van der Waals surface area contributed by atoms with Crippen LogP contribution in [0, 0.1) is 19.7 Å². The van der Waals surface area contributed by atoms with E-state index in [1.165, 1.54) is 6.07 Å². The highest BCUT2D eigenvalue weighted by Crippen LogP contribution is 2.19. The van der Waals surface area contributed by atoms with E-state index in [0.29, 0.717) is 5.56 Å². The molecule has 0 radical (unpaired) electrons. The van der Waals surface area contributed by atoms with Crippen LogP contribution in [0.25, 0.3) is 5.69 Å². The molecule has 0 spiro atoms. The van der Waals surface area contributed by atoms with Gasteiger partial charge in [-0.05, 0) is 51.6 Å². The Morgan fingerprint density at radius 3 is 2.67 bits per heavy atom. The van der Waals surface area contributed by atoms with Crippen LogP contribution in [0.15, 0.2) is 18.2 Å². The first-order valence-electron chi connectivity index (χ1n) is 5.90. The van der Waals surface area contributed by atoms with Gasteiger partial charge < -0.3 is 5.32 Å². The fourth-order valence-electron chi connectivity index (χ4n) is 1.88. The second-order valence-corrected chi connectivity index (χ2v) is 4.42. The number of hydrogen-bond donors (Lipinski definition) is 1. The average Bonchev–Trinajstić information content (AvgIpc) is 2.74. The zero-order chi connectivity index (χ0) is 13.3. The van der Waals surface area contributed by atoms with Crippen molar-refractivity contribution in [3.05, 3.63) is 41.0 Å².